The van der Waals surface area contributed by atoms with E-state index in [2.05, 4.69) is 18.7 Å². The Bertz CT molecular complexity index is 351. The van der Waals surface area contributed by atoms with Crippen molar-refractivity contribution >= 4 is 18.3 Å². The summed E-state index contributed by atoms with van der Waals surface area (Å²) in [6, 6.07) is 7.37. The van der Waals surface area contributed by atoms with E-state index in [1.807, 2.05) is 12.1 Å². The Morgan fingerprint density at radius 2 is 1.59 bits per heavy atom. The molecule has 1 aromatic rings. The lowest BCUT2D eigenvalue weighted by molar-refractivity contribution is 0.207. The van der Waals surface area contributed by atoms with Crippen molar-refractivity contribution in [2.24, 2.45) is 0 Å². The Morgan fingerprint density at radius 3 is 2.00 bits per heavy atom. The first-order chi connectivity index (χ1) is 8.31. The van der Waals surface area contributed by atoms with Crippen molar-refractivity contribution in [1.29, 1.82) is 0 Å². The van der Waals surface area contributed by atoms with Gasteiger partial charge in [-0.25, -0.2) is 4.85 Å². The largest absolute Gasteiger partial charge is 0.493 e. The highest BCUT2D eigenvalue weighted by molar-refractivity contribution is 6.61. The first-order valence-electron chi connectivity index (χ1n) is 6.02. The van der Waals surface area contributed by atoms with Crippen LogP contribution in [0.25, 0.3) is 4.85 Å². The minimum absolute atomic E-state index is 0.310. The zero-order chi connectivity index (χ0) is 12.5. The Balaban J connectivity index is 2.69. The molecule has 0 atom stereocenters. The molecule has 3 nitrogen and oxygen atoms in total. The van der Waals surface area contributed by atoms with E-state index in [0.29, 0.717) is 18.9 Å². The van der Waals surface area contributed by atoms with Crippen LogP contribution in [0, 0.1) is 6.57 Å². The average molecular weight is 231 g/mol. The van der Waals surface area contributed by atoms with Crippen LogP contribution in [0.15, 0.2) is 24.3 Å². The molecule has 0 fully saturated rings. The van der Waals surface area contributed by atoms with Crippen LogP contribution in [-0.2, 0) is 9.31 Å². The van der Waals surface area contributed by atoms with Crippen LogP contribution in [0.2, 0.25) is 0 Å². The van der Waals surface area contributed by atoms with Gasteiger partial charge in [0.05, 0.1) is 6.57 Å². The number of nitrogens with zero attached hydrogens (tertiary/aromatic N) is 1. The molecule has 17 heavy (non-hydrogen) atoms. The fraction of sp³-hybridized carbons (Fsp3) is 0.462. The lowest BCUT2D eigenvalue weighted by Crippen LogP contribution is -2.37. The summed E-state index contributed by atoms with van der Waals surface area (Å²) < 4.78 is 11.3. The van der Waals surface area contributed by atoms with Crippen molar-refractivity contribution in [2.45, 2.75) is 26.7 Å². The molecule has 0 bridgehead atoms. The van der Waals surface area contributed by atoms with E-state index in [1.165, 1.54) is 0 Å². The fourth-order valence-corrected chi connectivity index (χ4v) is 1.40. The Hall–Kier alpha value is -1.31. The molecule has 0 amide bonds. The highest BCUT2D eigenvalue weighted by atomic mass is 16.6. The van der Waals surface area contributed by atoms with Crippen molar-refractivity contribution in [3.8, 4) is 0 Å². The van der Waals surface area contributed by atoms with E-state index >= 15 is 0 Å². The monoisotopic (exact) mass is 231 g/mol. The smallest absolute Gasteiger partial charge is 0.407 e. The molecule has 1 rings (SSSR count). The predicted molar refractivity (Wildman–Crippen MR) is 70.6 cm³/mol. The molecule has 0 aliphatic rings. The van der Waals surface area contributed by atoms with Gasteiger partial charge in [-0.3, -0.25) is 0 Å². The van der Waals surface area contributed by atoms with Gasteiger partial charge < -0.3 is 9.31 Å². The summed E-state index contributed by atoms with van der Waals surface area (Å²) in [5, 5.41) is 0. The van der Waals surface area contributed by atoms with Gasteiger partial charge in [-0.05, 0) is 18.3 Å². The maximum absolute atomic E-state index is 6.91. The second-order valence-electron chi connectivity index (χ2n) is 3.78. The normalized spacial score (nSPS) is 9.94. The van der Waals surface area contributed by atoms with Gasteiger partial charge in [0.2, 0.25) is 0 Å². The summed E-state index contributed by atoms with van der Waals surface area (Å²) >= 11 is 0. The molecule has 0 aromatic heterocycles. The van der Waals surface area contributed by atoms with Crippen LogP contribution in [0.1, 0.15) is 26.7 Å². The molecule has 0 saturated heterocycles. The second kappa shape index (κ2) is 7.89. The summed E-state index contributed by atoms with van der Waals surface area (Å²) in [6.45, 7) is 12.4. The van der Waals surface area contributed by atoms with Crippen molar-refractivity contribution in [1.82, 2.24) is 0 Å². The molecule has 4 heteroatoms. The first-order valence-corrected chi connectivity index (χ1v) is 6.02. The number of hydrogen-bond donors (Lipinski definition) is 0. The van der Waals surface area contributed by atoms with Crippen molar-refractivity contribution < 1.29 is 9.31 Å². The Morgan fingerprint density at radius 1 is 1.06 bits per heavy atom. The van der Waals surface area contributed by atoms with Crippen LogP contribution < -0.4 is 5.46 Å². The average Bonchev–Trinajstić information content (AvgIpc) is 2.39. The van der Waals surface area contributed by atoms with E-state index in [9.17, 15) is 0 Å². The van der Waals surface area contributed by atoms with Crippen molar-refractivity contribution in [3.63, 3.8) is 0 Å². The van der Waals surface area contributed by atoms with E-state index in [1.54, 1.807) is 12.1 Å². The van der Waals surface area contributed by atoms with Gasteiger partial charge in [-0.15, -0.1) is 0 Å². The van der Waals surface area contributed by atoms with E-state index in [4.69, 9.17) is 15.9 Å². The maximum atomic E-state index is 6.91. The third-order valence-electron chi connectivity index (χ3n) is 2.24. The zero-order valence-corrected chi connectivity index (χ0v) is 10.5. The Labute approximate surface area is 104 Å². The van der Waals surface area contributed by atoms with Gasteiger partial charge in [0, 0.05) is 13.2 Å². The molecule has 0 N–H and O–H groups in total. The number of rotatable bonds is 7. The van der Waals surface area contributed by atoms with Gasteiger partial charge in [-0.2, -0.15) is 0 Å². The minimum atomic E-state index is -0.310. The van der Waals surface area contributed by atoms with Gasteiger partial charge in [0.15, 0.2) is 5.69 Å². The van der Waals surface area contributed by atoms with E-state index in [-0.39, 0.29) is 7.12 Å². The molecule has 0 aliphatic carbocycles. The Kier molecular flexibility index (Phi) is 6.38. The molecule has 0 heterocycles. The van der Waals surface area contributed by atoms with Gasteiger partial charge >= 0.3 is 7.12 Å². The highest BCUT2D eigenvalue weighted by Gasteiger charge is 2.20. The molecule has 0 saturated carbocycles. The van der Waals surface area contributed by atoms with Crippen LogP contribution in [0.4, 0.5) is 5.69 Å². The topological polar surface area (TPSA) is 22.8 Å². The third kappa shape index (κ3) is 4.60. The molecule has 0 spiro atoms. The summed E-state index contributed by atoms with van der Waals surface area (Å²) in [5.41, 5.74) is 1.61. The van der Waals surface area contributed by atoms with Crippen LogP contribution >= 0.6 is 0 Å². The summed E-state index contributed by atoms with van der Waals surface area (Å²) in [6.07, 6.45) is 1.93. The quantitative estimate of drug-likeness (QED) is 0.532. The van der Waals surface area contributed by atoms with Crippen LogP contribution in [0.3, 0.4) is 0 Å². The number of benzene rings is 1. The predicted octanol–water partition coefficient (Wildman–Crippen LogP) is 2.79. The molecular weight excluding hydrogens is 213 g/mol. The summed E-state index contributed by atoms with van der Waals surface area (Å²) in [5.74, 6) is 0. The minimum Gasteiger partial charge on any atom is -0.407 e. The second-order valence-corrected chi connectivity index (χ2v) is 3.78. The van der Waals surface area contributed by atoms with Gasteiger partial charge in [0.25, 0.3) is 0 Å². The van der Waals surface area contributed by atoms with Crippen LogP contribution in [-0.4, -0.2) is 20.3 Å². The summed E-state index contributed by atoms with van der Waals surface area (Å²) in [4.78, 5) is 3.36. The molecule has 1 aromatic carbocycles. The molecule has 0 aliphatic heterocycles. The third-order valence-corrected chi connectivity index (χ3v) is 2.24. The van der Waals surface area contributed by atoms with E-state index in [0.717, 1.165) is 18.3 Å². The standard InChI is InChI=1S/C13H18BNO2/c1-4-10-16-14(17-11-5-2)12-6-8-13(15-3)9-7-12/h6-9H,4-5,10-11H2,1-2H3. The maximum Gasteiger partial charge on any atom is 0.493 e. The summed E-state index contributed by atoms with van der Waals surface area (Å²) in [7, 11) is -0.310. The molecule has 0 radical (unpaired) electrons. The molecule has 90 valence electrons. The molecular formula is C13H18BNO2. The van der Waals surface area contributed by atoms with Crippen molar-refractivity contribution in [3.05, 3.63) is 35.7 Å². The fourth-order valence-electron chi connectivity index (χ4n) is 1.40. The lowest BCUT2D eigenvalue weighted by Gasteiger charge is -2.14. The zero-order valence-electron chi connectivity index (χ0n) is 10.5. The lowest BCUT2D eigenvalue weighted by atomic mass is 9.78. The van der Waals surface area contributed by atoms with Gasteiger partial charge in [-0.1, -0.05) is 38.1 Å². The molecule has 0 unspecified atom stereocenters. The van der Waals surface area contributed by atoms with Crippen LogP contribution in [0.5, 0.6) is 0 Å². The number of hydrogen-bond acceptors (Lipinski definition) is 2. The van der Waals surface area contributed by atoms with E-state index < -0.39 is 0 Å². The first kappa shape index (κ1) is 13.8. The van der Waals surface area contributed by atoms with Crippen molar-refractivity contribution in [2.75, 3.05) is 13.2 Å². The SMILES string of the molecule is [C-]#[N+]c1ccc(B(OCCC)OCCC)cc1. The highest BCUT2D eigenvalue weighted by Crippen LogP contribution is 2.08. The van der Waals surface area contributed by atoms with Gasteiger partial charge in [0.1, 0.15) is 0 Å².